The predicted octanol–water partition coefficient (Wildman–Crippen LogP) is 4.23. The summed E-state index contributed by atoms with van der Waals surface area (Å²) in [5.74, 6) is 0.880. The zero-order chi connectivity index (χ0) is 11.4. The molecule has 0 radical (unpaired) electrons. The summed E-state index contributed by atoms with van der Waals surface area (Å²) in [6.07, 6.45) is 0. The van der Waals surface area contributed by atoms with Crippen molar-refractivity contribution < 1.29 is 4.74 Å². The molecule has 0 amide bonds. The van der Waals surface area contributed by atoms with Gasteiger partial charge in [0.05, 0.1) is 0 Å². The minimum atomic E-state index is 0.545. The quantitative estimate of drug-likeness (QED) is 0.770. The van der Waals surface area contributed by atoms with E-state index in [0.717, 1.165) is 16.3 Å². The molecule has 0 aliphatic heterocycles. The van der Waals surface area contributed by atoms with E-state index in [9.17, 15) is 0 Å². The molecule has 16 heavy (non-hydrogen) atoms. The second-order valence-electron chi connectivity index (χ2n) is 3.73. The summed E-state index contributed by atoms with van der Waals surface area (Å²) in [7, 11) is 0. The lowest BCUT2D eigenvalue weighted by Gasteiger charge is -2.06. The zero-order valence-electron chi connectivity index (χ0n) is 9.11. The third-order valence-corrected chi connectivity index (χ3v) is 2.55. The van der Waals surface area contributed by atoms with Crippen LogP contribution in [-0.2, 0) is 6.61 Å². The first kappa shape index (κ1) is 11.0. The molecule has 0 aromatic heterocycles. The van der Waals surface area contributed by atoms with E-state index in [0.29, 0.717) is 6.61 Å². The Labute approximate surface area is 101 Å². The van der Waals surface area contributed by atoms with Crippen LogP contribution in [0.5, 0.6) is 5.75 Å². The average molecular weight is 233 g/mol. The van der Waals surface area contributed by atoms with Crippen LogP contribution in [0.15, 0.2) is 48.5 Å². The van der Waals surface area contributed by atoms with Crippen LogP contribution in [0.4, 0.5) is 0 Å². The van der Waals surface area contributed by atoms with Crippen molar-refractivity contribution in [2.24, 2.45) is 0 Å². The summed E-state index contributed by atoms with van der Waals surface area (Å²) < 4.78 is 5.64. The molecular formula is C14H13ClO. The molecule has 2 heteroatoms. The van der Waals surface area contributed by atoms with Crippen molar-refractivity contribution in [1.29, 1.82) is 0 Å². The maximum absolute atomic E-state index is 5.89. The van der Waals surface area contributed by atoms with Gasteiger partial charge in [-0.05, 0) is 36.8 Å². The first-order valence-electron chi connectivity index (χ1n) is 5.18. The van der Waals surface area contributed by atoms with Gasteiger partial charge >= 0.3 is 0 Å². The van der Waals surface area contributed by atoms with Crippen LogP contribution in [0.3, 0.4) is 0 Å². The van der Waals surface area contributed by atoms with E-state index in [1.807, 2.05) is 48.5 Å². The van der Waals surface area contributed by atoms with Gasteiger partial charge in [0.2, 0.25) is 0 Å². The number of ether oxygens (including phenoxy) is 1. The molecule has 0 aliphatic carbocycles. The number of hydrogen-bond acceptors (Lipinski definition) is 1. The van der Waals surface area contributed by atoms with E-state index in [-0.39, 0.29) is 0 Å². The van der Waals surface area contributed by atoms with E-state index >= 15 is 0 Å². The number of halogens is 1. The van der Waals surface area contributed by atoms with Crippen molar-refractivity contribution in [2.45, 2.75) is 13.5 Å². The summed E-state index contributed by atoms with van der Waals surface area (Å²) >= 11 is 5.89. The summed E-state index contributed by atoms with van der Waals surface area (Å²) in [6, 6.07) is 15.7. The van der Waals surface area contributed by atoms with Crippen LogP contribution in [0.1, 0.15) is 11.1 Å². The molecule has 2 aromatic carbocycles. The lowest BCUT2D eigenvalue weighted by Crippen LogP contribution is -1.94. The van der Waals surface area contributed by atoms with Gasteiger partial charge in [0.25, 0.3) is 0 Å². The Morgan fingerprint density at radius 1 is 1.06 bits per heavy atom. The normalized spacial score (nSPS) is 10.1. The van der Waals surface area contributed by atoms with Crippen molar-refractivity contribution >= 4 is 11.6 Å². The third kappa shape index (κ3) is 3.01. The zero-order valence-corrected chi connectivity index (χ0v) is 9.87. The molecule has 0 saturated heterocycles. The lowest BCUT2D eigenvalue weighted by molar-refractivity contribution is 0.306. The first-order chi connectivity index (χ1) is 7.74. The van der Waals surface area contributed by atoms with Crippen molar-refractivity contribution in [2.75, 3.05) is 0 Å². The highest BCUT2D eigenvalue weighted by atomic mass is 35.5. The molecule has 1 nitrogen and oxygen atoms in total. The minimum absolute atomic E-state index is 0.545. The second kappa shape index (κ2) is 5.04. The van der Waals surface area contributed by atoms with Gasteiger partial charge in [0.15, 0.2) is 0 Å². The van der Waals surface area contributed by atoms with Crippen LogP contribution in [0.2, 0.25) is 5.02 Å². The summed E-state index contributed by atoms with van der Waals surface area (Å²) in [5, 5.41) is 0.741. The van der Waals surface area contributed by atoms with Gasteiger partial charge in [-0.3, -0.25) is 0 Å². The van der Waals surface area contributed by atoms with Gasteiger partial charge in [-0.2, -0.15) is 0 Å². The Kier molecular flexibility index (Phi) is 3.47. The topological polar surface area (TPSA) is 9.23 Å². The van der Waals surface area contributed by atoms with Crippen LogP contribution >= 0.6 is 11.6 Å². The molecule has 0 unspecified atom stereocenters. The molecule has 0 fully saturated rings. The van der Waals surface area contributed by atoms with E-state index < -0.39 is 0 Å². The Morgan fingerprint density at radius 2 is 1.81 bits per heavy atom. The molecule has 2 aromatic rings. The maximum atomic E-state index is 5.89. The number of aryl methyl sites for hydroxylation is 1. The highest BCUT2D eigenvalue weighted by molar-refractivity contribution is 6.30. The fraction of sp³-hybridized carbons (Fsp3) is 0.143. The Balaban J connectivity index is 1.99. The van der Waals surface area contributed by atoms with Crippen LogP contribution in [0, 0.1) is 6.92 Å². The van der Waals surface area contributed by atoms with Gasteiger partial charge in [-0.1, -0.05) is 41.4 Å². The van der Waals surface area contributed by atoms with Crippen molar-refractivity contribution in [3.8, 4) is 5.75 Å². The smallest absolute Gasteiger partial charge is 0.119 e. The van der Waals surface area contributed by atoms with Gasteiger partial charge < -0.3 is 4.74 Å². The molecular weight excluding hydrogens is 220 g/mol. The molecule has 0 bridgehead atoms. The maximum Gasteiger partial charge on any atom is 0.119 e. The second-order valence-corrected chi connectivity index (χ2v) is 4.17. The van der Waals surface area contributed by atoms with Crippen molar-refractivity contribution in [3.63, 3.8) is 0 Å². The van der Waals surface area contributed by atoms with E-state index in [1.54, 1.807) is 0 Å². The van der Waals surface area contributed by atoms with Crippen LogP contribution in [-0.4, -0.2) is 0 Å². The van der Waals surface area contributed by atoms with Gasteiger partial charge in [-0.25, -0.2) is 0 Å². The highest BCUT2D eigenvalue weighted by Gasteiger charge is 1.96. The number of benzene rings is 2. The summed E-state index contributed by atoms with van der Waals surface area (Å²) in [5.41, 5.74) is 2.31. The average Bonchev–Trinajstić information content (AvgIpc) is 2.28. The Bertz CT molecular complexity index is 462. The standard InChI is InChI=1S/C14H13ClO/c1-11-5-7-14(8-6-11)16-10-12-3-2-4-13(15)9-12/h2-9H,10H2,1H3. The molecule has 0 saturated carbocycles. The highest BCUT2D eigenvalue weighted by Crippen LogP contribution is 2.15. The van der Waals surface area contributed by atoms with Gasteiger partial charge in [-0.15, -0.1) is 0 Å². The SMILES string of the molecule is Cc1ccc(OCc2cccc(Cl)c2)cc1. The first-order valence-corrected chi connectivity index (χ1v) is 5.56. The molecule has 2 rings (SSSR count). The van der Waals surface area contributed by atoms with E-state index in [1.165, 1.54) is 5.56 Å². The van der Waals surface area contributed by atoms with Gasteiger partial charge in [0.1, 0.15) is 12.4 Å². The largest absolute Gasteiger partial charge is 0.489 e. The Hall–Kier alpha value is -1.47. The van der Waals surface area contributed by atoms with E-state index in [4.69, 9.17) is 16.3 Å². The lowest BCUT2D eigenvalue weighted by atomic mass is 10.2. The van der Waals surface area contributed by atoms with Crippen LogP contribution in [0.25, 0.3) is 0 Å². The molecule has 0 atom stereocenters. The predicted molar refractivity (Wildman–Crippen MR) is 67.0 cm³/mol. The molecule has 0 N–H and O–H groups in total. The fourth-order valence-electron chi connectivity index (χ4n) is 1.43. The molecule has 0 aliphatic rings. The number of hydrogen-bond donors (Lipinski definition) is 0. The number of rotatable bonds is 3. The monoisotopic (exact) mass is 232 g/mol. The molecule has 82 valence electrons. The molecule has 0 spiro atoms. The Morgan fingerprint density at radius 3 is 2.50 bits per heavy atom. The van der Waals surface area contributed by atoms with Gasteiger partial charge in [0, 0.05) is 5.02 Å². The third-order valence-electron chi connectivity index (χ3n) is 2.32. The fourth-order valence-corrected chi connectivity index (χ4v) is 1.64. The summed E-state index contributed by atoms with van der Waals surface area (Å²) in [4.78, 5) is 0. The molecule has 0 heterocycles. The minimum Gasteiger partial charge on any atom is -0.489 e. The van der Waals surface area contributed by atoms with Crippen molar-refractivity contribution in [1.82, 2.24) is 0 Å². The van der Waals surface area contributed by atoms with Crippen molar-refractivity contribution in [3.05, 3.63) is 64.7 Å². The summed E-state index contributed by atoms with van der Waals surface area (Å²) in [6.45, 7) is 2.60. The van der Waals surface area contributed by atoms with Crippen LogP contribution < -0.4 is 4.74 Å². The van der Waals surface area contributed by atoms with E-state index in [2.05, 4.69) is 6.92 Å².